The summed E-state index contributed by atoms with van der Waals surface area (Å²) in [5.41, 5.74) is 0.137. The molecule has 84 valence electrons. The van der Waals surface area contributed by atoms with Crippen LogP contribution in [-0.4, -0.2) is 19.3 Å². The number of aryl methyl sites for hydroxylation is 1. The molecule has 0 atom stereocenters. The molecule has 2 heterocycles. The zero-order valence-corrected chi connectivity index (χ0v) is 8.88. The van der Waals surface area contributed by atoms with Gasteiger partial charge in [-0.1, -0.05) is 0 Å². The fourth-order valence-electron chi connectivity index (χ4n) is 1.43. The molecule has 0 saturated carbocycles. The van der Waals surface area contributed by atoms with Gasteiger partial charge in [-0.2, -0.15) is 5.10 Å². The Morgan fingerprint density at radius 3 is 2.88 bits per heavy atom. The van der Waals surface area contributed by atoms with Crippen molar-refractivity contribution in [2.75, 3.05) is 0 Å². The van der Waals surface area contributed by atoms with Crippen molar-refractivity contribution in [3.05, 3.63) is 51.1 Å². The molecule has 0 aliphatic rings. The highest BCUT2D eigenvalue weighted by molar-refractivity contribution is 5.04. The Labute approximate surface area is 91.2 Å². The molecule has 6 nitrogen and oxygen atoms in total. The average molecular weight is 220 g/mol. The number of hydrogen-bond acceptors (Lipinski definition) is 3. The van der Waals surface area contributed by atoms with Gasteiger partial charge in [-0.25, -0.2) is 4.79 Å². The zero-order chi connectivity index (χ0) is 11.5. The van der Waals surface area contributed by atoms with Crippen LogP contribution >= 0.6 is 0 Å². The number of H-pyrrole nitrogens is 1. The highest BCUT2D eigenvalue weighted by Gasteiger charge is 2.00. The van der Waals surface area contributed by atoms with E-state index in [2.05, 4.69) is 10.1 Å². The smallest absolute Gasteiger partial charge is 0.296 e. The number of rotatable bonds is 3. The summed E-state index contributed by atoms with van der Waals surface area (Å²) < 4.78 is 3.21. The Morgan fingerprint density at radius 1 is 1.44 bits per heavy atom. The first-order valence-corrected chi connectivity index (χ1v) is 5.00. The van der Waals surface area contributed by atoms with Crippen molar-refractivity contribution in [3.8, 4) is 0 Å². The number of aromatic amines is 1. The molecule has 0 fully saturated rings. The maximum atomic E-state index is 11.4. The van der Waals surface area contributed by atoms with Gasteiger partial charge in [0.15, 0.2) is 0 Å². The van der Waals surface area contributed by atoms with Crippen LogP contribution in [0.15, 0.2) is 34.2 Å². The molecule has 0 amide bonds. The highest BCUT2D eigenvalue weighted by atomic mass is 16.2. The van der Waals surface area contributed by atoms with Gasteiger partial charge in [0.25, 0.3) is 5.56 Å². The van der Waals surface area contributed by atoms with Crippen LogP contribution in [0.25, 0.3) is 0 Å². The Bertz CT molecular complexity index is 593. The Morgan fingerprint density at radius 2 is 2.25 bits per heavy atom. The minimum Gasteiger partial charge on any atom is -0.296 e. The summed E-state index contributed by atoms with van der Waals surface area (Å²) in [5.74, 6) is 0. The first kappa shape index (κ1) is 10.4. The third-order valence-corrected chi connectivity index (χ3v) is 2.26. The van der Waals surface area contributed by atoms with E-state index in [4.69, 9.17) is 0 Å². The Hall–Kier alpha value is -2.11. The summed E-state index contributed by atoms with van der Waals surface area (Å²) >= 11 is 0. The first-order valence-electron chi connectivity index (χ1n) is 5.00. The van der Waals surface area contributed by atoms with Gasteiger partial charge in [0.1, 0.15) is 0 Å². The molecular weight excluding hydrogens is 208 g/mol. The molecule has 2 aromatic rings. The predicted molar refractivity (Wildman–Crippen MR) is 58.3 cm³/mol. The number of aromatic nitrogens is 4. The van der Waals surface area contributed by atoms with Crippen LogP contribution in [0, 0.1) is 0 Å². The molecule has 16 heavy (non-hydrogen) atoms. The van der Waals surface area contributed by atoms with E-state index in [9.17, 15) is 9.59 Å². The summed E-state index contributed by atoms with van der Waals surface area (Å²) in [6, 6.07) is 1.33. The quantitative estimate of drug-likeness (QED) is 0.778. The van der Waals surface area contributed by atoms with Crippen LogP contribution in [0.3, 0.4) is 0 Å². The van der Waals surface area contributed by atoms with E-state index in [1.165, 1.54) is 16.8 Å². The van der Waals surface area contributed by atoms with Crippen molar-refractivity contribution in [3.63, 3.8) is 0 Å². The molecule has 0 saturated heterocycles. The van der Waals surface area contributed by atoms with Crippen LogP contribution in [-0.2, 0) is 13.1 Å². The molecule has 0 aromatic carbocycles. The molecule has 0 bridgehead atoms. The number of nitrogens with zero attached hydrogens (tertiary/aromatic N) is 3. The van der Waals surface area contributed by atoms with Crippen LogP contribution in [0.2, 0.25) is 0 Å². The van der Waals surface area contributed by atoms with Gasteiger partial charge >= 0.3 is 5.69 Å². The van der Waals surface area contributed by atoms with E-state index in [0.29, 0.717) is 6.54 Å². The fraction of sp³-hybridized carbons (Fsp3) is 0.300. The molecule has 0 aliphatic carbocycles. The summed E-state index contributed by atoms with van der Waals surface area (Å²) in [6.45, 7) is 3.19. The largest absolute Gasteiger partial charge is 0.328 e. The van der Waals surface area contributed by atoms with Crippen molar-refractivity contribution >= 4 is 0 Å². The van der Waals surface area contributed by atoms with E-state index >= 15 is 0 Å². The van der Waals surface area contributed by atoms with E-state index in [0.717, 1.165) is 12.1 Å². The summed E-state index contributed by atoms with van der Waals surface area (Å²) in [7, 11) is 0. The van der Waals surface area contributed by atoms with Crippen molar-refractivity contribution in [2.45, 2.75) is 20.0 Å². The van der Waals surface area contributed by atoms with Gasteiger partial charge < -0.3 is 0 Å². The summed E-state index contributed by atoms with van der Waals surface area (Å²) in [6.07, 6.45) is 5.06. The first-order chi connectivity index (χ1) is 7.69. The third-order valence-electron chi connectivity index (χ3n) is 2.26. The minimum absolute atomic E-state index is 0.384. The number of hydrogen-bond donors (Lipinski definition) is 1. The lowest BCUT2D eigenvalue weighted by Crippen LogP contribution is -2.28. The second kappa shape index (κ2) is 4.18. The van der Waals surface area contributed by atoms with E-state index in [1.54, 1.807) is 10.9 Å². The van der Waals surface area contributed by atoms with Gasteiger partial charge in [-0.15, -0.1) is 0 Å². The number of nitrogens with one attached hydrogen (secondary N) is 1. The normalized spacial score (nSPS) is 10.6. The molecule has 6 heteroatoms. The lowest BCUT2D eigenvalue weighted by Gasteiger charge is -2.00. The van der Waals surface area contributed by atoms with Gasteiger partial charge in [0.05, 0.1) is 12.7 Å². The van der Waals surface area contributed by atoms with Crippen LogP contribution in [0.1, 0.15) is 12.5 Å². The Balaban J connectivity index is 2.27. The van der Waals surface area contributed by atoms with Gasteiger partial charge in [0.2, 0.25) is 0 Å². The SMILES string of the molecule is CCn1cc(Cn2ccc(=O)[nH]c2=O)cn1. The molecule has 0 unspecified atom stereocenters. The summed E-state index contributed by atoms with van der Waals surface area (Å²) in [5, 5.41) is 4.11. The second-order valence-corrected chi connectivity index (χ2v) is 3.44. The van der Waals surface area contributed by atoms with E-state index in [-0.39, 0.29) is 5.56 Å². The maximum absolute atomic E-state index is 11.4. The van der Waals surface area contributed by atoms with Crippen molar-refractivity contribution in [1.82, 2.24) is 19.3 Å². The monoisotopic (exact) mass is 220 g/mol. The van der Waals surface area contributed by atoms with Crippen molar-refractivity contribution < 1.29 is 0 Å². The molecule has 0 radical (unpaired) electrons. The van der Waals surface area contributed by atoms with Crippen molar-refractivity contribution in [2.24, 2.45) is 0 Å². The standard InChI is InChI=1S/C10H12N4O2/c1-2-14-7-8(5-11-14)6-13-4-3-9(15)12-10(13)16/h3-5,7H,2,6H2,1H3,(H,12,15,16). The summed E-state index contributed by atoms with van der Waals surface area (Å²) in [4.78, 5) is 24.5. The molecule has 2 aromatic heterocycles. The van der Waals surface area contributed by atoms with E-state index < -0.39 is 5.69 Å². The van der Waals surface area contributed by atoms with Gasteiger partial charge in [0, 0.05) is 30.6 Å². The molecular formula is C10H12N4O2. The van der Waals surface area contributed by atoms with E-state index in [1.807, 2.05) is 13.1 Å². The molecule has 2 rings (SSSR count). The highest BCUT2D eigenvalue weighted by Crippen LogP contribution is 1.98. The average Bonchev–Trinajstić information content (AvgIpc) is 2.70. The lowest BCUT2D eigenvalue weighted by atomic mass is 10.3. The van der Waals surface area contributed by atoms with Crippen LogP contribution in [0.4, 0.5) is 0 Å². The van der Waals surface area contributed by atoms with Gasteiger partial charge in [-0.3, -0.25) is 19.0 Å². The maximum Gasteiger partial charge on any atom is 0.328 e. The topological polar surface area (TPSA) is 72.7 Å². The predicted octanol–water partition coefficient (Wildman–Crippen LogP) is -0.199. The molecule has 0 spiro atoms. The molecule has 0 aliphatic heterocycles. The fourth-order valence-corrected chi connectivity index (χ4v) is 1.43. The second-order valence-electron chi connectivity index (χ2n) is 3.44. The van der Waals surface area contributed by atoms with Crippen molar-refractivity contribution in [1.29, 1.82) is 0 Å². The lowest BCUT2D eigenvalue weighted by molar-refractivity contribution is 0.657. The zero-order valence-electron chi connectivity index (χ0n) is 8.88. The minimum atomic E-state index is -0.406. The van der Waals surface area contributed by atoms with Crippen LogP contribution < -0.4 is 11.2 Å². The molecule has 1 N–H and O–H groups in total. The Kier molecular flexibility index (Phi) is 2.72. The third kappa shape index (κ3) is 2.10. The van der Waals surface area contributed by atoms with Gasteiger partial charge in [-0.05, 0) is 6.92 Å². The van der Waals surface area contributed by atoms with Crippen LogP contribution in [0.5, 0.6) is 0 Å².